The molecule has 0 saturated carbocycles. The van der Waals surface area contributed by atoms with Gasteiger partial charge in [-0.1, -0.05) is 6.07 Å². The molecule has 1 amide bonds. The van der Waals surface area contributed by atoms with Gasteiger partial charge in [0.05, 0.1) is 4.88 Å². The van der Waals surface area contributed by atoms with Crippen molar-refractivity contribution in [3.8, 4) is 0 Å². The van der Waals surface area contributed by atoms with E-state index in [0.717, 1.165) is 10.9 Å². The lowest BCUT2D eigenvalue weighted by atomic mass is 10.2. The summed E-state index contributed by atoms with van der Waals surface area (Å²) in [5.41, 5.74) is 0.297. The van der Waals surface area contributed by atoms with E-state index in [1.165, 1.54) is 28.4 Å². The third kappa shape index (κ3) is 3.17. The van der Waals surface area contributed by atoms with Crippen LogP contribution in [0, 0.1) is 18.6 Å². The minimum atomic E-state index is -0.637. The first-order chi connectivity index (χ1) is 8.97. The number of hydrogen-bond donors (Lipinski definition) is 0. The van der Waals surface area contributed by atoms with Crippen LogP contribution in [0.25, 0.3) is 0 Å². The van der Waals surface area contributed by atoms with Gasteiger partial charge < -0.3 is 4.90 Å². The predicted octanol–water partition coefficient (Wildman–Crippen LogP) is 3.61. The number of benzene rings is 1. The standard InChI is InChI=1S/C14H13F2NOS/c1-9-3-6-13(19-9)14(18)17(2)8-10-4-5-11(15)7-12(10)16/h3-7H,8H2,1-2H3. The van der Waals surface area contributed by atoms with Crippen LogP contribution >= 0.6 is 11.3 Å². The van der Waals surface area contributed by atoms with Crippen LogP contribution in [0.5, 0.6) is 0 Å². The summed E-state index contributed by atoms with van der Waals surface area (Å²) in [6.07, 6.45) is 0. The van der Waals surface area contributed by atoms with Crippen molar-refractivity contribution in [3.63, 3.8) is 0 Å². The molecular weight excluding hydrogens is 268 g/mol. The highest BCUT2D eigenvalue weighted by Crippen LogP contribution is 2.18. The first kappa shape index (κ1) is 13.7. The lowest BCUT2D eigenvalue weighted by molar-refractivity contribution is 0.0788. The molecule has 0 aliphatic rings. The lowest BCUT2D eigenvalue weighted by Crippen LogP contribution is -2.25. The van der Waals surface area contributed by atoms with E-state index in [4.69, 9.17) is 0 Å². The molecule has 0 atom stereocenters. The second-order valence-electron chi connectivity index (χ2n) is 4.31. The molecule has 0 saturated heterocycles. The van der Waals surface area contributed by atoms with Crippen LogP contribution in [-0.2, 0) is 6.54 Å². The fourth-order valence-electron chi connectivity index (χ4n) is 1.71. The SMILES string of the molecule is Cc1ccc(C(=O)N(C)Cc2ccc(F)cc2F)s1. The summed E-state index contributed by atoms with van der Waals surface area (Å²) in [7, 11) is 1.60. The van der Waals surface area contributed by atoms with Gasteiger partial charge in [-0.25, -0.2) is 8.78 Å². The van der Waals surface area contributed by atoms with E-state index in [2.05, 4.69) is 0 Å². The van der Waals surface area contributed by atoms with Crippen molar-refractivity contribution in [2.45, 2.75) is 13.5 Å². The quantitative estimate of drug-likeness (QED) is 0.841. The van der Waals surface area contributed by atoms with Gasteiger partial charge in [0.1, 0.15) is 11.6 Å². The molecule has 0 unspecified atom stereocenters. The van der Waals surface area contributed by atoms with E-state index in [1.54, 1.807) is 13.1 Å². The normalized spacial score (nSPS) is 10.5. The number of nitrogens with zero attached hydrogens (tertiary/aromatic N) is 1. The molecular formula is C14H13F2NOS. The Hall–Kier alpha value is -1.75. The average Bonchev–Trinajstić information content (AvgIpc) is 2.78. The third-order valence-corrected chi connectivity index (χ3v) is 3.71. The van der Waals surface area contributed by atoms with Crippen LogP contribution in [-0.4, -0.2) is 17.9 Å². The second-order valence-corrected chi connectivity index (χ2v) is 5.60. The minimum Gasteiger partial charge on any atom is -0.337 e. The van der Waals surface area contributed by atoms with E-state index in [-0.39, 0.29) is 12.5 Å². The lowest BCUT2D eigenvalue weighted by Gasteiger charge is -2.16. The van der Waals surface area contributed by atoms with Crippen LogP contribution in [0.3, 0.4) is 0 Å². The maximum atomic E-state index is 13.5. The van der Waals surface area contributed by atoms with Crippen molar-refractivity contribution in [2.75, 3.05) is 7.05 Å². The van der Waals surface area contributed by atoms with Gasteiger partial charge in [0.25, 0.3) is 5.91 Å². The number of rotatable bonds is 3. The highest BCUT2D eigenvalue weighted by atomic mass is 32.1. The minimum absolute atomic E-state index is 0.113. The number of halogens is 2. The van der Waals surface area contributed by atoms with Gasteiger partial charge in [-0.15, -0.1) is 11.3 Å². The molecule has 1 aromatic carbocycles. The highest BCUT2D eigenvalue weighted by molar-refractivity contribution is 7.13. The van der Waals surface area contributed by atoms with Crippen molar-refractivity contribution in [1.29, 1.82) is 0 Å². The summed E-state index contributed by atoms with van der Waals surface area (Å²) in [4.78, 5) is 15.2. The van der Waals surface area contributed by atoms with E-state index in [9.17, 15) is 13.6 Å². The smallest absolute Gasteiger partial charge is 0.263 e. The Morgan fingerprint density at radius 1 is 1.26 bits per heavy atom. The second kappa shape index (κ2) is 5.48. The van der Waals surface area contributed by atoms with Gasteiger partial charge in [-0.2, -0.15) is 0 Å². The summed E-state index contributed by atoms with van der Waals surface area (Å²) in [5, 5.41) is 0. The van der Waals surface area contributed by atoms with Crippen LogP contribution in [0.15, 0.2) is 30.3 Å². The number of hydrogen-bond acceptors (Lipinski definition) is 2. The van der Waals surface area contributed by atoms with Crippen molar-refractivity contribution in [3.05, 3.63) is 57.3 Å². The van der Waals surface area contributed by atoms with Crippen LogP contribution in [0.4, 0.5) is 8.78 Å². The fraction of sp³-hybridized carbons (Fsp3) is 0.214. The van der Waals surface area contributed by atoms with Crippen LogP contribution in [0.1, 0.15) is 20.1 Å². The average molecular weight is 281 g/mol. The summed E-state index contributed by atoms with van der Waals surface area (Å²) in [5.74, 6) is -1.42. The van der Waals surface area contributed by atoms with E-state index in [0.29, 0.717) is 10.4 Å². The summed E-state index contributed by atoms with van der Waals surface area (Å²) >= 11 is 1.40. The molecule has 0 N–H and O–H groups in total. The van der Waals surface area contributed by atoms with Crippen molar-refractivity contribution in [2.24, 2.45) is 0 Å². The number of carbonyl (C=O) groups excluding carboxylic acids is 1. The Bertz CT molecular complexity index is 609. The Labute approximate surface area is 114 Å². The maximum absolute atomic E-state index is 13.5. The Morgan fingerprint density at radius 3 is 2.58 bits per heavy atom. The predicted molar refractivity (Wildman–Crippen MR) is 71.2 cm³/mol. The fourth-order valence-corrected chi connectivity index (χ4v) is 2.58. The topological polar surface area (TPSA) is 20.3 Å². The molecule has 2 rings (SSSR count). The molecule has 19 heavy (non-hydrogen) atoms. The first-order valence-corrected chi connectivity index (χ1v) is 6.55. The van der Waals surface area contributed by atoms with E-state index in [1.807, 2.05) is 13.0 Å². The molecule has 2 nitrogen and oxygen atoms in total. The third-order valence-electron chi connectivity index (χ3n) is 2.72. The molecule has 0 radical (unpaired) electrons. The Kier molecular flexibility index (Phi) is 3.95. The molecule has 1 heterocycles. The maximum Gasteiger partial charge on any atom is 0.263 e. The van der Waals surface area contributed by atoms with Crippen LogP contribution < -0.4 is 0 Å². The van der Waals surface area contributed by atoms with Gasteiger partial charge in [0.2, 0.25) is 0 Å². The molecule has 5 heteroatoms. The first-order valence-electron chi connectivity index (χ1n) is 5.73. The Balaban J connectivity index is 2.12. The monoisotopic (exact) mass is 281 g/mol. The van der Waals surface area contributed by atoms with E-state index >= 15 is 0 Å². The molecule has 100 valence electrons. The van der Waals surface area contributed by atoms with Gasteiger partial charge >= 0.3 is 0 Å². The molecule has 0 aliphatic carbocycles. The van der Waals surface area contributed by atoms with Crippen LogP contribution in [0.2, 0.25) is 0 Å². The van der Waals surface area contributed by atoms with Gasteiger partial charge in [-0.05, 0) is 25.1 Å². The number of aryl methyl sites for hydroxylation is 1. The molecule has 2 aromatic rings. The molecule has 0 aliphatic heterocycles. The molecule has 0 bridgehead atoms. The number of thiophene rings is 1. The van der Waals surface area contributed by atoms with Gasteiger partial charge in [-0.3, -0.25) is 4.79 Å². The van der Waals surface area contributed by atoms with Gasteiger partial charge in [0.15, 0.2) is 0 Å². The highest BCUT2D eigenvalue weighted by Gasteiger charge is 2.15. The zero-order valence-corrected chi connectivity index (χ0v) is 11.4. The Morgan fingerprint density at radius 2 is 2.00 bits per heavy atom. The number of carbonyl (C=O) groups is 1. The van der Waals surface area contributed by atoms with E-state index < -0.39 is 11.6 Å². The van der Waals surface area contributed by atoms with Gasteiger partial charge in [0, 0.05) is 30.1 Å². The van der Waals surface area contributed by atoms with Crippen molar-refractivity contribution >= 4 is 17.2 Å². The zero-order chi connectivity index (χ0) is 14.0. The van der Waals surface area contributed by atoms with Crippen molar-refractivity contribution < 1.29 is 13.6 Å². The molecule has 0 fully saturated rings. The molecule has 0 spiro atoms. The summed E-state index contributed by atoms with van der Waals surface area (Å²) in [6.45, 7) is 2.03. The number of amides is 1. The largest absolute Gasteiger partial charge is 0.337 e. The summed E-state index contributed by atoms with van der Waals surface area (Å²) < 4.78 is 26.3. The summed E-state index contributed by atoms with van der Waals surface area (Å²) in [6, 6.07) is 6.98. The van der Waals surface area contributed by atoms with Crippen molar-refractivity contribution in [1.82, 2.24) is 4.90 Å². The molecule has 1 aromatic heterocycles. The zero-order valence-electron chi connectivity index (χ0n) is 10.6.